The Morgan fingerprint density at radius 3 is 2.56 bits per heavy atom. The fourth-order valence-corrected chi connectivity index (χ4v) is 5.48. The number of H-pyrrole nitrogens is 1. The highest BCUT2D eigenvalue weighted by Gasteiger charge is 2.28. The van der Waals surface area contributed by atoms with E-state index in [0.29, 0.717) is 36.2 Å². The summed E-state index contributed by atoms with van der Waals surface area (Å²) in [7, 11) is -1.55. The van der Waals surface area contributed by atoms with E-state index >= 15 is 0 Å². The number of pyridine rings is 1. The topological polar surface area (TPSA) is 92.2 Å². The van der Waals surface area contributed by atoms with Crippen LogP contribution in [-0.4, -0.2) is 30.1 Å². The second-order valence-corrected chi connectivity index (χ2v) is 11.0. The number of rotatable bonds is 5. The van der Waals surface area contributed by atoms with Gasteiger partial charge in [-0.1, -0.05) is 36.4 Å². The van der Waals surface area contributed by atoms with Crippen LogP contribution in [-0.2, 0) is 40.4 Å². The third kappa shape index (κ3) is 4.05. The van der Waals surface area contributed by atoms with Crippen LogP contribution < -0.4 is 10.5 Å². The van der Waals surface area contributed by atoms with Crippen LogP contribution in [0.2, 0.25) is 0 Å². The maximum Gasteiger partial charge on any atom is 0.274 e. The standard InChI is InChI=1S/C26H25N3O4S/c1-28-15-21-20-12-18(16-34(2,32)33)8-10-22(20)29(14-19-13-27-25(24(19)21)26(28)31)23(30)11-9-17-6-4-3-5-7-17/h3-8,10,12-13,15,27H,9,11,14,16H2,1-2H3. The normalized spacial score (nSPS) is 13.1. The molecule has 4 aromatic rings. The molecule has 1 aliphatic rings. The molecule has 5 rings (SSSR count). The SMILES string of the molecule is Cn1cc2c3c(c[nH]c3c1=O)CN(C(=O)CCc1ccccc1)c1ccc(CS(C)(=O)=O)cc1-2. The summed E-state index contributed by atoms with van der Waals surface area (Å²) in [5.74, 6) is -0.133. The van der Waals surface area contributed by atoms with Gasteiger partial charge in [-0.2, -0.15) is 0 Å². The van der Waals surface area contributed by atoms with E-state index in [2.05, 4.69) is 4.98 Å². The van der Waals surface area contributed by atoms with Crippen molar-refractivity contribution in [2.75, 3.05) is 11.2 Å². The summed E-state index contributed by atoms with van der Waals surface area (Å²) in [5, 5.41) is 0.777. The Kier molecular flexibility index (Phi) is 5.40. The van der Waals surface area contributed by atoms with Gasteiger partial charge in [0, 0.05) is 48.6 Å². The average molecular weight is 476 g/mol. The summed E-state index contributed by atoms with van der Waals surface area (Å²) >= 11 is 0. The monoisotopic (exact) mass is 475 g/mol. The molecule has 0 aliphatic carbocycles. The molecule has 0 spiro atoms. The molecule has 8 heteroatoms. The van der Waals surface area contributed by atoms with Gasteiger partial charge in [0.1, 0.15) is 5.52 Å². The lowest BCUT2D eigenvalue weighted by atomic mass is 9.99. The van der Waals surface area contributed by atoms with Crippen LogP contribution in [0, 0.1) is 0 Å². The quantitative estimate of drug-likeness (QED) is 0.478. The highest BCUT2D eigenvalue weighted by Crippen LogP contribution is 2.41. The summed E-state index contributed by atoms with van der Waals surface area (Å²) in [6, 6.07) is 15.3. The molecule has 0 saturated heterocycles. The summed E-state index contributed by atoms with van der Waals surface area (Å²) in [5.41, 5.74) is 5.17. The van der Waals surface area contributed by atoms with Gasteiger partial charge in [0.25, 0.3) is 5.56 Å². The second kappa shape index (κ2) is 8.29. The number of hydrogen-bond acceptors (Lipinski definition) is 4. The number of sulfone groups is 1. The van der Waals surface area contributed by atoms with Crippen LogP contribution in [0.3, 0.4) is 0 Å². The Balaban J connectivity index is 1.64. The predicted octanol–water partition coefficient (Wildman–Crippen LogP) is 3.56. The van der Waals surface area contributed by atoms with Crippen molar-refractivity contribution in [3.05, 3.63) is 88.0 Å². The van der Waals surface area contributed by atoms with Crippen molar-refractivity contribution < 1.29 is 13.2 Å². The number of nitrogens with zero attached hydrogens (tertiary/aromatic N) is 2. The molecule has 3 heterocycles. The first kappa shape index (κ1) is 22.2. The fraction of sp³-hybridized carbons (Fsp3) is 0.231. The van der Waals surface area contributed by atoms with Gasteiger partial charge in [-0.15, -0.1) is 0 Å². The number of nitrogens with one attached hydrogen (secondary N) is 1. The van der Waals surface area contributed by atoms with Crippen molar-refractivity contribution >= 4 is 32.3 Å². The van der Waals surface area contributed by atoms with Crippen LogP contribution in [0.4, 0.5) is 5.69 Å². The minimum Gasteiger partial charge on any atom is -0.356 e. The highest BCUT2D eigenvalue weighted by molar-refractivity contribution is 7.89. The van der Waals surface area contributed by atoms with Crippen molar-refractivity contribution in [2.24, 2.45) is 7.05 Å². The van der Waals surface area contributed by atoms with E-state index in [4.69, 9.17) is 0 Å². The van der Waals surface area contributed by atoms with Gasteiger partial charge in [0.15, 0.2) is 9.84 Å². The highest BCUT2D eigenvalue weighted by atomic mass is 32.2. The first-order chi connectivity index (χ1) is 16.2. The zero-order chi connectivity index (χ0) is 24.0. The van der Waals surface area contributed by atoms with E-state index in [9.17, 15) is 18.0 Å². The Bertz CT molecular complexity index is 1580. The van der Waals surface area contributed by atoms with Gasteiger partial charge < -0.3 is 14.5 Å². The minimum atomic E-state index is -3.24. The zero-order valence-corrected chi connectivity index (χ0v) is 19.9. The summed E-state index contributed by atoms with van der Waals surface area (Å²) in [6.45, 7) is 0.326. The van der Waals surface area contributed by atoms with Gasteiger partial charge in [0.2, 0.25) is 5.91 Å². The van der Waals surface area contributed by atoms with E-state index in [1.54, 1.807) is 30.4 Å². The van der Waals surface area contributed by atoms with Crippen molar-refractivity contribution in [1.29, 1.82) is 0 Å². The Hall–Kier alpha value is -3.65. The molecule has 0 saturated carbocycles. The Labute approximate surface area is 197 Å². The number of anilines is 1. The molecule has 1 N–H and O–H groups in total. The predicted molar refractivity (Wildman–Crippen MR) is 133 cm³/mol. The van der Waals surface area contributed by atoms with Gasteiger partial charge in [-0.25, -0.2) is 8.42 Å². The number of benzene rings is 2. The van der Waals surface area contributed by atoms with E-state index in [1.807, 2.05) is 42.5 Å². The first-order valence-corrected chi connectivity index (χ1v) is 13.1. The molecule has 34 heavy (non-hydrogen) atoms. The number of aromatic nitrogens is 2. The molecule has 2 aromatic heterocycles. The number of hydrogen-bond donors (Lipinski definition) is 1. The Morgan fingerprint density at radius 2 is 1.82 bits per heavy atom. The van der Waals surface area contributed by atoms with Crippen molar-refractivity contribution in [1.82, 2.24) is 9.55 Å². The lowest BCUT2D eigenvalue weighted by Gasteiger charge is -2.24. The van der Waals surface area contributed by atoms with Crippen molar-refractivity contribution in [2.45, 2.75) is 25.1 Å². The Morgan fingerprint density at radius 1 is 1.06 bits per heavy atom. The van der Waals surface area contributed by atoms with Crippen LogP contribution in [0.15, 0.2) is 65.7 Å². The fourth-order valence-electron chi connectivity index (χ4n) is 4.70. The molecule has 174 valence electrons. The van der Waals surface area contributed by atoms with Gasteiger partial charge in [-0.3, -0.25) is 9.59 Å². The van der Waals surface area contributed by atoms with E-state index in [1.165, 1.54) is 10.8 Å². The summed E-state index contributed by atoms with van der Waals surface area (Å²) < 4.78 is 25.4. The number of aryl methyl sites for hydroxylation is 2. The first-order valence-electron chi connectivity index (χ1n) is 11.1. The second-order valence-electron chi connectivity index (χ2n) is 8.91. The largest absolute Gasteiger partial charge is 0.356 e. The summed E-state index contributed by atoms with van der Waals surface area (Å²) in [6.07, 6.45) is 5.71. The molecule has 0 atom stereocenters. The molecule has 1 amide bonds. The third-order valence-electron chi connectivity index (χ3n) is 6.26. The van der Waals surface area contributed by atoms with E-state index < -0.39 is 9.84 Å². The minimum absolute atomic E-state index is 0.0326. The molecule has 0 bridgehead atoms. The molecule has 1 aliphatic heterocycles. The number of fused-ring (bicyclic) bond motifs is 2. The van der Waals surface area contributed by atoms with Crippen molar-refractivity contribution in [3.63, 3.8) is 0 Å². The third-order valence-corrected chi connectivity index (χ3v) is 7.12. The molecule has 2 aromatic carbocycles. The molecule has 0 unspecified atom stereocenters. The molecular formula is C26H25N3O4S. The molecular weight excluding hydrogens is 450 g/mol. The number of carbonyl (C=O) groups is 1. The molecule has 7 nitrogen and oxygen atoms in total. The zero-order valence-electron chi connectivity index (χ0n) is 19.0. The molecule has 0 radical (unpaired) electrons. The number of carbonyl (C=O) groups excluding carboxylic acids is 1. The van der Waals surface area contributed by atoms with E-state index in [0.717, 1.165) is 27.6 Å². The number of aromatic amines is 1. The lowest BCUT2D eigenvalue weighted by Crippen LogP contribution is -2.30. The number of amides is 1. The van der Waals surface area contributed by atoms with Crippen LogP contribution in [0.5, 0.6) is 0 Å². The summed E-state index contributed by atoms with van der Waals surface area (Å²) in [4.78, 5) is 31.1. The van der Waals surface area contributed by atoms with Crippen LogP contribution in [0.25, 0.3) is 22.0 Å². The van der Waals surface area contributed by atoms with E-state index in [-0.39, 0.29) is 17.2 Å². The van der Waals surface area contributed by atoms with Crippen LogP contribution in [0.1, 0.15) is 23.1 Å². The maximum absolute atomic E-state index is 13.5. The maximum atomic E-state index is 13.5. The van der Waals surface area contributed by atoms with Crippen LogP contribution >= 0.6 is 0 Å². The van der Waals surface area contributed by atoms with Crippen molar-refractivity contribution in [3.8, 4) is 11.1 Å². The van der Waals surface area contributed by atoms with Gasteiger partial charge in [0.05, 0.1) is 18.0 Å². The lowest BCUT2D eigenvalue weighted by molar-refractivity contribution is -0.118. The van der Waals surface area contributed by atoms with Gasteiger partial charge in [-0.05, 0) is 35.2 Å². The average Bonchev–Trinajstić information content (AvgIpc) is 3.16. The smallest absolute Gasteiger partial charge is 0.274 e. The van der Waals surface area contributed by atoms with Gasteiger partial charge >= 0.3 is 0 Å². The molecule has 0 fully saturated rings.